The topological polar surface area (TPSA) is 68.0 Å². The number of thiazole rings is 1. The van der Waals surface area contributed by atoms with Gasteiger partial charge in [-0.05, 0) is 43.0 Å². The number of aromatic nitrogens is 1. The summed E-state index contributed by atoms with van der Waals surface area (Å²) in [6.07, 6.45) is 0. The standard InChI is InChI=1S/C21H23N3OS/c1-12(2)15-6-8-16(9-7-15)23-21-24-20(22)19(26-21)18(25)17-10-5-13(3)11-14(17)4/h5-12H,22H2,1-4H3,(H,23,24). The van der Waals surface area contributed by atoms with Crippen LogP contribution in [0.5, 0.6) is 0 Å². The minimum absolute atomic E-state index is 0.0827. The predicted octanol–water partition coefficient (Wildman–Crippen LogP) is 5.44. The van der Waals surface area contributed by atoms with Crippen LogP contribution in [0.3, 0.4) is 0 Å². The van der Waals surface area contributed by atoms with Crippen LogP contribution < -0.4 is 11.1 Å². The zero-order valence-corrected chi connectivity index (χ0v) is 16.3. The van der Waals surface area contributed by atoms with Gasteiger partial charge in [0.25, 0.3) is 0 Å². The van der Waals surface area contributed by atoms with Crippen LogP contribution in [0.4, 0.5) is 16.6 Å². The number of nitrogen functional groups attached to an aromatic ring is 1. The van der Waals surface area contributed by atoms with E-state index < -0.39 is 0 Å². The van der Waals surface area contributed by atoms with Crippen molar-refractivity contribution < 1.29 is 4.79 Å². The molecule has 3 N–H and O–H groups in total. The van der Waals surface area contributed by atoms with Crippen molar-refractivity contribution in [2.75, 3.05) is 11.1 Å². The third-order valence-electron chi connectivity index (χ3n) is 4.31. The largest absolute Gasteiger partial charge is 0.382 e. The predicted molar refractivity (Wildman–Crippen MR) is 110 cm³/mol. The molecule has 0 radical (unpaired) electrons. The zero-order chi connectivity index (χ0) is 18.8. The summed E-state index contributed by atoms with van der Waals surface area (Å²) >= 11 is 1.28. The van der Waals surface area contributed by atoms with Gasteiger partial charge in [0.1, 0.15) is 10.7 Å². The fourth-order valence-corrected chi connectivity index (χ4v) is 3.67. The number of hydrogen-bond acceptors (Lipinski definition) is 5. The Morgan fingerprint density at radius 2 is 1.81 bits per heavy atom. The van der Waals surface area contributed by atoms with Crippen molar-refractivity contribution in [2.24, 2.45) is 0 Å². The van der Waals surface area contributed by atoms with Gasteiger partial charge in [-0.15, -0.1) is 0 Å². The van der Waals surface area contributed by atoms with Crippen LogP contribution in [-0.2, 0) is 0 Å². The Balaban J connectivity index is 1.83. The molecule has 0 aliphatic carbocycles. The second kappa shape index (κ2) is 7.30. The molecule has 2 aromatic carbocycles. The van der Waals surface area contributed by atoms with Gasteiger partial charge in [0.15, 0.2) is 5.13 Å². The van der Waals surface area contributed by atoms with Crippen molar-refractivity contribution in [3.05, 3.63) is 69.6 Å². The number of hydrogen-bond donors (Lipinski definition) is 2. The number of anilines is 3. The van der Waals surface area contributed by atoms with Crippen molar-refractivity contribution in [1.29, 1.82) is 0 Å². The normalized spacial score (nSPS) is 11.0. The van der Waals surface area contributed by atoms with Crippen LogP contribution in [0, 0.1) is 13.8 Å². The summed E-state index contributed by atoms with van der Waals surface area (Å²) in [6.45, 7) is 8.27. The smallest absolute Gasteiger partial charge is 0.207 e. The molecular weight excluding hydrogens is 342 g/mol. The fraction of sp³-hybridized carbons (Fsp3) is 0.238. The molecule has 0 aliphatic heterocycles. The molecule has 0 fully saturated rings. The van der Waals surface area contributed by atoms with E-state index in [1.807, 2.05) is 44.2 Å². The second-order valence-electron chi connectivity index (χ2n) is 6.78. The number of nitrogens with two attached hydrogens (primary N) is 1. The van der Waals surface area contributed by atoms with Gasteiger partial charge in [0.2, 0.25) is 5.78 Å². The van der Waals surface area contributed by atoms with E-state index >= 15 is 0 Å². The summed E-state index contributed by atoms with van der Waals surface area (Å²) in [5, 5.41) is 3.85. The highest BCUT2D eigenvalue weighted by atomic mass is 32.1. The van der Waals surface area contributed by atoms with Crippen LogP contribution in [0.25, 0.3) is 0 Å². The highest BCUT2D eigenvalue weighted by Gasteiger charge is 2.19. The number of ketones is 1. The summed E-state index contributed by atoms with van der Waals surface area (Å²) in [7, 11) is 0. The first-order valence-corrected chi connectivity index (χ1v) is 9.42. The third-order valence-corrected chi connectivity index (χ3v) is 5.30. The average molecular weight is 366 g/mol. The van der Waals surface area contributed by atoms with Crippen LogP contribution in [0.2, 0.25) is 0 Å². The number of rotatable bonds is 5. The Labute approximate surface area is 158 Å². The van der Waals surface area contributed by atoms with E-state index in [0.29, 0.717) is 21.5 Å². The molecule has 0 aliphatic rings. The molecule has 134 valence electrons. The molecule has 0 spiro atoms. The SMILES string of the molecule is Cc1ccc(C(=O)c2sc(Nc3ccc(C(C)C)cc3)nc2N)c(C)c1. The summed E-state index contributed by atoms with van der Waals surface area (Å²) in [5.74, 6) is 0.670. The van der Waals surface area contributed by atoms with Crippen LogP contribution in [0.15, 0.2) is 42.5 Å². The Morgan fingerprint density at radius 1 is 1.12 bits per heavy atom. The first-order valence-electron chi connectivity index (χ1n) is 8.60. The molecule has 5 heteroatoms. The monoisotopic (exact) mass is 365 g/mol. The van der Waals surface area contributed by atoms with Crippen molar-refractivity contribution in [2.45, 2.75) is 33.6 Å². The minimum Gasteiger partial charge on any atom is -0.382 e. The fourth-order valence-electron chi connectivity index (χ4n) is 2.81. The van der Waals surface area contributed by atoms with Gasteiger partial charge in [0.05, 0.1) is 0 Å². The van der Waals surface area contributed by atoms with Gasteiger partial charge in [0, 0.05) is 11.3 Å². The molecule has 0 unspecified atom stereocenters. The third kappa shape index (κ3) is 3.78. The molecule has 3 rings (SSSR count). The number of carbonyl (C=O) groups excluding carboxylic acids is 1. The van der Waals surface area contributed by atoms with Crippen molar-refractivity contribution in [3.8, 4) is 0 Å². The van der Waals surface area contributed by atoms with Crippen molar-refractivity contribution in [1.82, 2.24) is 4.98 Å². The lowest BCUT2D eigenvalue weighted by molar-refractivity contribution is 0.104. The lowest BCUT2D eigenvalue weighted by atomic mass is 10.0. The second-order valence-corrected chi connectivity index (χ2v) is 7.78. The number of aryl methyl sites for hydroxylation is 2. The molecule has 0 bridgehead atoms. The van der Waals surface area contributed by atoms with Crippen molar-refractivity contribution in [3.63, 3.8) is 0 Å². The maximum atomic E-state index is 12.8. The van der Waals surface area contributed by atoms with E-state index in [1.54, 1.807) is 0 Å². The average Bonchev–Trinajstić information content (AvgIpc) is 2.95. The lowest BCUT2D eigenvalue weighted by Crippen LogP contribution is -2.04. The van der Waals surface area contributed by atoms with Crippen LogP contribution >= 0.6 is 11.3 Å². The van der Waals surface area contributed by atoms with Gasteiger partial charge < -0.3 is 11.1 Å². The first kappa shape index (κ1) is 18.1. The maximum Gasteiger partial charge on any atom is 0.207 e. The summed E-state index contributed by atoms with van der Waals surface area (Å²) < 4.78 is 0. The summed E-state index contributed by atoms with van der Waals surface area (Å²) in [4.78, 5) is 17.6. The zero-order valence-electron chi connectivity index (χ0n) is 15.5. The number of benzene rings is 2. The van der Waals surface area contributed by atoms with Crippen LogP contribution in [-0.4, -0.2) is 10.8 Å². The Bertz CT molecular complexity index is 942. The van der Waals surface area contributed by atoms with Crippen LogP contribution in [0.1, 0.15) is 51.7 Å². The molecule has 4 nitrogen and oxygen atoms in total. The molecule has 1 heterocycles. The van der Waals surface area contributed by atoms with Gasteiger partial charge in [-0.2, -0.15) is 0 Å². The molecule has 0 amide bonds. The van der Waals surface area contributed by atoms with E-state index in [9.17, 15) is 4.79 Å². The molecule has 0 saturated carbocycles. The molecule has 1 aromatic heterocycles. The number of nitrogens with one attached hydrogen (secondary N) is 1. The Kier molecular flexibility index (Phi) is 5.09. The van der Waals surface area contributed by atoms with Gasteiger partial charge in [-0.3, -0.25) is 4.79 Å². The molecular formula is C21H23N3OS. The van der Waals surface area contributed by atoms with Gasteiger partial charge in [-0.1, -0.05) is 61.1 Å². The van der Waals surface area contributed by atoms with E-state index in [1.165, 1.54) is 16.9 Å². The van der Waals surface area contributed by atoms with E-state index in [0.717, 1.165) is 16.8 Å². The van der Waals surface area contributed by atoms with E-state index in [-0.39, 0.29) is 11.6 Å². The van der Waals surface area contributed by atoms with Gasteiger partial charge >= 0.3 is 0 Å². The summed E-state index contributed by atoms with van der Waals surface area (Å²) in [6, 6.07) is 14.0. The van der Waals surface area contributed by atoms with E-state index in [2.05, 4.69) is 36.3 Å². The molecule has 3 aromatic rings. The lowest BCUT2D eigenvalue weighted by Gasteiger charge is -2.07. The maximum absolute atomic E-state index is 12.8. The van der Waals surface area contributed by atoms with Gasteiger partial charge in [-0.25, -0.2) is 4.98 Å². The van der Waals surface area contributed by atoms with Crippen molar-refractivity contribution >= 4 is 33.8 Å². The van der Waals surface area contributed by atoms with E-state index in [4.69, 9.17) is 5.73 Å². The molecule has 0 saturated heterocycles. The highest BCUT2D eigenvalue weighted by Crippen LogP contribution is 2.31. The quantitative estimate of drug-likeness (QED) is 0.591. The summed E-state index contributed by atoms with van der Waals surface area (Å²) in [5.41, 5.74) is 11.0. The first-order chi connectivity index (χ1) is 12.3. The molecule has 0 atom stereocenters. The Morgan fingerprint density at radius 3 is 2.42 bits per heavy atom. The minimum atomic E-state index is -0.0827. The number of carbonyl (C=O) groups is 1. The molecule has 26 heavy (non-hydrogen) atoms. The Hall–Kier alpha value is -2.66. The highest BCUT2D eigenvalue weighted by molar-refractivity contribution is 7.18. The number of nitrogens with zero attached hydrogens (tertiary/aromatic N) is 1.